The summed E-state index contributed by atoms with van der Waals surface area (Å²) in [6, 6.07) is 20.5. The van der Waals surface area contributed by atoms with Crippen LogP contribution in [0.4, 0.5) is 23.2 Å². The predicted octanol–water partition coefficient (Wildman–Crippen LogP) is 6.30. The van der Waals surface area contributed by atoms with Gasteiger partial charge >= 0.3 is 12.1 Å². The Morgan fingerprint density at radius 1 is 1.13 bits per heavy atom. The molecule has 3 atom stereocenters. The maximum absolute atomic E-state index is 13.4. The molecule has 2 fully saturated rings. The third-order valence-corrected chi connectivity index (χ3v) is 8.62. The van der Waals surface area contributed by atoms with E-state index in [1.165, 1.54) is 5.56 Å². The molecule has 234 valence electrons. The number of aromatic amines is 1. The number of halogens is 4. The van der Waals surface area contributed by atoms with E-state index in [0.717, 1.165) is 64.2 Å². The summed E-state index contributed by atoms with van der Waals surface area (Å²) in [7, 11) is 1.65. The smallest absolute Gasteiger partial charge is 0.490 e. The number of likely N-dealkylation sites (tertiary alicyclic amines) is 1. The number of nitrogens with zero attached hydrogens (tertiary/aromatic N) is 2. The van der Waals surface area contributed by atoms with Gasteiger partial charge in [-0.15, -0.1) is 0 Å². The molecule has 3 aliphatic rings. The molecule has 12 heteroatoms. The molecule has 1 aliphatic carbocycles. The van der Waals surface area contributed by atoms with E-state index >= 15 is 0 Å². The summed E-state index contributed by atoms with van der Waals surface area (Å²) >= 11 is 0. The summed E-state index contributed by atoms with van der Waals surface area (Å²) in [5, 5.41) is 18.9. The molecule has 0 bridgehead atoms. The van der Waals surface area contributed by atoms with E-state index in [1.54, 1.807) is 7.11 Å². The van der Waals surface area contributed by atoms with Crippen LogP contribution in [-0.2, 0) is 21.5 Å². The molecular weight excluding hydrogens is 592 g/mol. The highest BCUT2D eigenvalue weighted by molar-refractivity contribution is 6.10. The van der Waals surface area contributed by atoms with Gasteiger partial charge in [0, 0.05) is 36.6 Å². The molecule has 1 aromatic heterocycles. The number of methoxy groups -OCH3 is 1. The maximum Gasteiger partial charge on any atom is 0.490 e. The van der Waals surface area contributed by atoms with Crippen LogP contribution in [0.15, 0.2) is 60.7 Å². The Kier molecular flexibility index (Phi) is 7.86. The molecule has 8 nitrogen and oxygen atoms in total. The minimum Gasteiger partial charge on any atom is -0.497 e. The van der Waals surface area contributed by atoms with Crippen molar-refractivity contribution in [2.75, 3.05) is 25.5 Å². The molecule has 4 aromatic rings. The van der Waals surface area contributed by atoms with Crippen LogP contribution in [-0.4, -0.2) is 64.6 Å². The Balaban J connectivity index is 0.000000460. The largest absolute Gasteiger partial charge is 0.497 e. The topological polar surface area (TPSA) is 108 Å². The van der Waals surface area contributed by atoms with Crippen molar-refractivity contribution in [1.29, 1.82) is 0 Å². The van der Waals surface area contributed by atoms with E-state index in [0.29, 0.717) is 13.0 Å². The highest BCUT2D eigenvalue weighted by Gasteiger charge is 2.65. The van der Waals surface area contributed by atoms with Crippen molar-refractivity contribution >= 4 is 40.6 Å². The van der Waals surface area contributed by atoms with Crippen LogP contribution in [0.25, 0.3) is 23.1 Å². The molecule has 0 unspecified atom stereocenters. The minimum atomic E-state index is -5.08. The van der Waals surface area contributed by atoms with Crippen LogP contribution in [0.5, 0.6) is 5.75 Å². The van der Waals surface area contributed by atoms with Crippen LogP contribution in [0.2, 0.25) is 0 Å². The quantitative estimate of drug-likeness (QED) is 0.218. The number of hydrogen-bond donors (Lipinski definition) is 3. The fraction of sp³-hybridized carbons (Fsp3) is 0.303. The van der Waals surface area contributed by atoms with Gasteiger partial charge in [0.05, 0.1) is 23.7 Å². The van der Waals surface area contributed by atoms with Gasteiger partial charge in [-0.05, 0) is 65.4 Å². The average molecular weight is 623 g/mol. The first-order valence-electron chi connectivity index (χ1n) is 14.4. The lowest BCUT2D eigenvalue weighted by atomic mass is 9.91. The number of anilines is 1. The number of carbonyl (C=O) groups excluding carboxylic acids is 1. The third kappa shape index (κ3) is 6.02. The highest BCUT2D eigenvalue weighted by atomic mass is 19.4. The van der Waals surface area contributed by atoms with Crippen molar-refractivity contribution in [3.63, 3.8) is 0 Å². The van der Waals surface area contributed by atoms with Crippen molar-refractivity contribution in [2.24, 2.45) is 0 Å². The number of H-pyrrole nitrogens is 1. The molecule has 3 aromatic carbocycles. The number of fused-ring (bicyclic) bond motifs is 3. The van der Waals surface area contributed by atoms with Gasteiger partial charge in [-0.3, -0.25) is 14.8 Å². The van der Waals surface area contributed by atoms with Gasteiger partial charge in [-0.25, -0.2) is 9.18 Å². The van der Waals surface area contributed by atoms with Gasteiger partial charge in [0.15, 0.2) is 0 Å². The molecule has 1 amide bonds. The average Bonchev–Trinajstić information content (AvgIpc) is 3.27. The molecule has 0 radical (unpaired) electrons. The number of carboxylic acids is 1. The number of amides is 1. The predicted molar refractivity (Wildman–Crippen MR) is 161 cm³/mol. The van der Waals surface area contributed by atoms with Crippen LogP contribution in [0.1, 0.15) is 46.7 Å². The zero-order chi connectivity index (χ0) is 31.9. The van der Waals surface area contributed by atoms with Gasteiger partial charge in [-0.2, -0.15) is 18.3 Å². The number of hydrogen-bond acceptors (Lipinski definition) is 5. The van der Waals surface area contributed by atoms with Crippen LogP contribution in [0, 0.1) is 0 Å². The SMILES string of the molecule is COc1ccc2c(c1)[C@]1(C[C@H]1c1ccc3c(/C=C/c4ccc(CN5CC[C@@H](F)C5)cc4)n[nH]c3c1)C(=O)N2.O=C(O)C(F)(F)F. The van der Waals surface area contributed by atoms with Crippen molar-refractivity contribution in [2.45, 2.75) is 43.1 Å². The monoisotopic (exact) mass is 622 g/mol. The normalized spacial score (nSPS) is 22.4. The van der Waals surface area contributed by atoms with Crippen molar-refractivity contribution in [3.8, 4) is 5.75 Å². The lowest BCUT2D eigenvalue weighted by Crippen LogP contribution is -2.21. The second-order valence-corrected chi connectivity index (χ2v) is 11.5. The van der Waals surface area contributed by atoms with Crippen molar-refractivity contribution in [1.82, 2.24) is 15.1 Å². The fourth-order valence-corrected chi connectivity index (χ4v) is 6.20. The molecule has 3 N–H and O–H groups in total. The van der Waals surface area contributed by atoms with E-state index < -0.39 is 23.7 Å². The summed E-state index contributed by atoms with van der Waals surface area (Å²) in [6.45, 7) is 2.15. The maximum atomic E-state index is 13.4. The number of rotatable bonds is 6. The summed E-state index contributed by atoms with van der Waals surface area (Å²) in [5.74, 6) is -1.80. The van der Waals surface area contributed by atoms with Gasteiger partial charge in [0.2, 0.25) is 5.91 Å². The number of carboxylic acid groups (broad SMARTS) is 1. The molecule has 1 spiro atoms. The van der Waals surface area contributed by atoms with E-state index in [-0.39, 0.29) is 11.8 Å². The molecule has 1 saturated heterocycles. The molecular formula is C33H30F4N4O4. The first-order chi connectivity index (χ1) is 21.5. The number of alkyl halides is 4. The summed E-state index contributed by atoms with van der Waals surface area (Å²) in [5.41, 5.74) is 6.64. The van der Waals surface area contributed by atoms with Gasteiger partial charge in [-0.1, -0.05) is 42.5 Å². The first kappa shape index (κ1) is 30.3. The third-order valence-electron chi connectivity index (χ3n) is 8.62. The standard InChI is InChI=1S/C31H29FN4O2.C2HF3O2/c1-38-23-8-11-28-25(15-23)31(30(37)33-28)16-26(31)21-7-9-24-27(34-35-29(24)14-21)10-6-19-2-4-20(5-3-19)17-36-13-12-22(32)18-36;3-2(4,5)1(6)7/h2-11,14-15,22,26H,12-13,16-18H2,1H3,(H,33,37)(H,34,35);(H,6,7)/b10-6+;/t22-,26+,31+;/m1./s1. The Morgan fingerprint density at radius 2 is 1.89 bits per heavy atom. The number of ether oxygens (including phenoxy) is 1. The van der Waals surface area contributed by atoms with E-state index in [1.807, 2.05) is 24.3 Å². The van der Waals surface area contributed by atoms with Crippen LogP contribution in [0.3, 0.4) is 0 Å². The van der Waals surface area contributed by atoms with Crippen LogP contribution < -0.4 is 10.1 Å². The summed E-state index contributed by atoms with van der Waals surface area (Å²) in [4.78, 5) is 24.1. The van der Waals surface area contributed by atoms with Crippen molar-refractivity contribution in [3.05, 3.63) is 88.6 Å². The van der Waals surface area contributed by atoms with E-state index in [9.17, 15) is 22.4 Å². The highest BCUT2D eigenvalue weighted by Crippen LogP contribution is 2.65. The molecule has 7 rings (SSSR count). The second-order valence-electron chi connectivity index (χ2n) is 11.5. The molecule has 2 aliphatic heterocycles. The Morgan fingerprint density at radius 3 is 2.56 bits per heavy atom. The fourth-order valence-electron chi connectivity index (χ4n) is 6.20. The lowest BCUT2D eigenvalue weighted by molar-refractivity contribution is -0.192. The summed E-state index contributed by atoms with van der Waals surface area (Å²) < 4.78 is 50.6. The Labute approximate surface area is 255 Å². The number of benzene rings is 3. The van der Waals surface area contributed by atoms with Gasteiger partial charge in [0.1, 0.15) is 11.9 Å². The summed E-state index contributed by atoms with van der Waals surface area (Å²) in [6.07, 6.45) is -0.268. The molecule has 1 saturated carbocycles. The van der Waals surface area contributed by atoms with Gasteiger partial charge in [0.25, 0.3) is 0 Å². The van der Waals surface area contributed by atoms with Crippen LogP contribution >= 0.6 is 0 Å². The Hall–Kier alpha value is -4.71. The lowest BCUT2D eigenvalue weighted by Gasteiger charge is -2.14. The number of aliphatic carboxylic acids is 1. The van der Waals surface area contributed by atoms with E-state index in [2.05, 4.69) is 69.0 Å². The minimum absolute atomic E-state index is 0.0668. The zero-order valence-corrected chi connectivity index (χ0v) is 24.2. The zero-order valence-electron chi connectivity index (χ0n) is 24.2. The first-order valence-corrected chi connectivity index (χ1v) is 14.4. The number of nitrogens with one attached hydrogen (secondary N) is 2. The Bertz CT molecular complexity index is 1790. The second kappa shape index (κ2) is 11.7. The number of aromatic nitrogens is 2. The number of carbonyl (C=O) groups is 2. The molecule has 45 heavy (non-hydrogen) atoms. The van der Waals surface area contributed by atoms with Gasteiger partial charge < -0.3 is 15.2 Å². The van der Waals surface area contributed by atoms with E-state index in [4.69, 9.17) is 14.6 Å². The molecule has 3 heterocycles. The van der Waals surface area contributed by atoms with Crippen molar-refractivity contribution < 1.29 is 37.0 Å².